The highest BCUT2D eigenvalue weighted by Crippen LogP contribution is 2.35. The largest absolute Gasteiger partial charge is 0.381 e. The Morgan fingerprint density at radius 3 is 2.81 bits per heavy atom. The van der Waals surface area contributed by atoms with E-state index in [1.54, 1.807) is 11.3 Å². The number of nitrogens with one attached hydrogen (secondary N) is 1. The van der Waals surface area contributed by atoms with Crippen LogP contribution >= 0.6 is 11.3 Å². The molecule has 1 aliphatic rings. The van der Waals surface area contributed by atoms with Crippen molar-refractivity contribution in [2.24, 2.45) is 17.8 Å². The molecule has 1 nitrogen and oxygen atoms in total. The lowest BCUT2D eigenvalue weighted by Gasteiger charge is -2.38. The Hall–Kier alpha value is -0.500. The van der Waals surface area contributed by atoms with Crippen molar-refractivity contribution >= 4 is 17.0 Å². The van der Waals surface area contributed by atoms with E-state index in [1.807, 2.05) is 0 Å². The molecule has 1 fully saturated rings. The number of anilines is 1. The van der Waals surface area contributed by atoms with Gasteiger partial charge in [-0.25, -0.2) is 0 Å². The van der Waals surface area contributed by atoms with Crippen molar-refractivity contribution in [3.05, 3.63) is 16.8 Å². The minimum absolute atomic E-state index is 0.679. The Morgan fingerprint density at radius 2 is 2.19 bits per heavy atom. The van der Waals surface area contributed by atoms with Gasteiger partial charge in [-0.1, -0.05) is 27.2 Å². The zero-order valence-electron chi connectivity index (χ0n) is 10.6. The van der Waals surface area contributed by atoms with E-state index >= 15 is 0 Å². The summed E-state index contributed by atoms with van der Waals surface area (Å²) in [7, 11) is 0. The molecule has 0 aromatic carbocycles. The molecule has 2 rings (SSSR count). The molecule has 90 valence electrons. The van der Waals surface area contributed by atoms with Crippen LogP contribution in [0.15, 0.2) is 16.8 Å². The van der Waals surface area contributed by atoms with E-state index in [4.69, 9.17) is 0 Å². The third kappa shape index (κ3) is 2.79. The number of thiophene rings is 1. The number of rotatable bonds is 3. The van der Waals surface area contributed by atoms with E-state index in [0.29, 0.717) is 6.04 Å². The molecule has 1 N–H and O–H groups in total. The van der Waals surface area contributed by atoms with Crippen LogP contribution in [-0.2, 0) is 0 Å². The van der Waals surface area contributed by atoms with E-state index in [1.165, 1.54) is 24.9 Å². The standard InChI is InChI=1S/C14H23NS/c1-10(2)13-5-4-11(3)8-14(13)15-12-6-7-16-9-12/h6-7,9-11,13-15H,4-5,8H2,1-3H3. The molecule has 0 saturated heterocycles. The molecule has 0 spiro atoms. The molecule has 16 heavy (non-hydrogen) atoms. The average Bonchev–Trinajstić information content (AvgIpc) is 2.70. The second-order valence-electron chi connectivity index (χ2n) is 5.59. The molecule has 2 heteroatoms. The molecule has 0 aliphatic heterocycles. The molecule has 0 bridgehead atoms. The van der Waals surface area contributed by atoms with Crippen molar-refractivity contribution < 1.29 is 0 Å². The van der Waals surface area contributed by atoms with Gasteiger partial charge in [0, 0.05) is 17.1 Å². The van der Waals surface area contributed by atoms with Crippen LogP contribution in [0.2, 0.25) is 0 Å². The van der Waals surface area contributed by atoms with Gasteiger partial charge in [-0.05, 0) is 42.0 Å². The van der Waals surface area contributed by atoms with E-state index in [-0.39, 0.29) is 0 Å². The van der Waals surface area contributed by atoms with E-state index < -0.39 is 0 Å². The molecule has 1 heterocycles. The van der Waals surface area contributed by atoms with Crippen LogP contribution in [-0.4, -0.2) is 6.04 Å². The summed E-state index contributed by atoms with van der Waals surface area (Å²) in [5.41, 5.74) is 1.31. The summed E-state index contributed by atoms with van der Waals surface area (Å²) >= 11 is 1.78. The highest BCUT2D eigenvalue weighted by molar-refractivity contribution is 7.08. The smallest absolute Gasteiger partial charge is 0.0451 e. The van der Waals surface area contributed by atoms with Gasteiger partial charge in [-0.2, -0.15) is 11.3 Å². The molecule has 1 aliphatic carbocycles. The second kappa shape index (κ2) is 5.22. The SMILES string of the molecule is CC1CCC(C(C)C)C(Nc2ccsc2)C1. The fourth-order valence-corrected chi connectivity index (χ4v) is 3.53. The third-order valence-corrected chi connectivity index (χ3v) is 4.58. The van der Waals surface area contributed by atoms with Crippen LogP contribution in [0, 0.1) is 17.8 Å². The topological polar surface area (TPSA) is 12.0 Å². The Balaban J connectivity index is 2.02. The lowest BCUT2D eigenvalue weighted by atomic mass is 9.74. The van der Waals surface area contributed by atoms with Gasteiger partial charge in [-0.15, -0.1) is 0 Å². The Kier molecular flexibility index (Phi) is 3.91. The predicted molar refractivity (Wildman–Crippen MR) is 73.1 cm³/mol. The van der Waals surface area contributed by atoms with Crippen LogP contribution in [0.4, 0.5) is 5.69 Å². The van der Waals surface area contributed by atoms with Crippen molar-refractivity contribution in [2.45, 2.75) is 46.1 Å². The Morgan fingerprint density at radius 1 is 1.38 bits per heavy atom. The fraction of sp³-hybridized carbons (Fsp3) is 0.714. The van der Waals surface area contributed by atoms with Crippen LogP contribution in [0.25, 0.3) is 0 Å². The quantitative estimate of drug-likeness (QED) is 0.809. The fourth-order valence-electron chi connectivity index (χ4n) is 2.93. The highest BCUT2D eigenvalue weighted by Gasteiger charge is 2.30. The lowest BCUT2D eigenvalue weighted by Crippen LogP contribution is -2.37. The summed E-state index contributed by atoms with van der Waals surface area (Å²) < 4.78 is 0. The first kappa shape index (κ1) is 12.0. The van der Waals surface area contributed by atoms with Gasteiger partial charge in [0.25, 0.3) is 0 Å². The Labute approximate surface area is 103 Å². The van der Waals surface area contributed by atoms with Crippen LogP contribution in [0.5, 0.6) is 0 Å². The third-order valence-electron chi connectivity index (χ3n) is 3.90. The lowest BCUT2D eigenvalue weighted by molar-refractivity contribution is 0.212. The van der Waals surface area contributed by atoms with Crippen molar-refractivity contribution in [2.75, 3.05) is 5.32 Å². The van der Waals surface area contributed by atoms with Crippen molar-refractivity contribution in [3.63, 3.8) is 0 Å². The summed E-state index contributed by atoms with van der Waals surface area (Å²) in [6.45, 7) is 7.12. The van der Waals surface area contributed by atoms with Gasteiger partial charge < -0.3 is 5.32 Å². The molecular weight excluding hydrogens is 214 g/mol. The van der Waals surface area contributed by atoms with E-state index in [2.05, 4.69) is 42.9 Å². The van der Waals surface area contributed by atoms with Crippen molar-refractivity contribution in [1.82, 2.24) is 0 Å². The molecule has 1 aromatic heterocycles. The average molecular weight is 237 g/mol. The monoisotopic (exact) mass is 237 g/mol. The minimum Gasteiger partial charge on any atom is -0.381 e. The first-order valence-corrected chi connectivity index (χ1v) is 7.40. The van der Waals surface area contributed by atoms with Crippen LogP contribution in [0.3, 0.4) is 0 Å². The van der Waals surface area contributed by atoms with Gasteiger partial charge in [0.1, 0.15) is 0 Å². The highest BCUT2D eigenvalue weighted by atomic mass is 32.1. The summed E-state index contributed by atoms with van der Waals surface area (Å²) in [6, 6.07) is 2.87. The van der Waals surface area contributed by atoms with Gasteiger partial charge >= 0.3 is 0 Å². The Bertz CT molecular complexity index is 305. The van der Waals surface area contributed by atoms with Gasteiger partial charge in [0.2, 0.25) is 0 Å². The van der Waals surface area contributed by atoms with E-state index in [9.17, 15) is 0 Å². The zero-order chi connectivity index (χ0) is 11.5. The molecule has 0 amide bonds. The second-order valence-corrected chi connectivity index (χ2v) is 6.37. The number of hydrogen-bond acceptors (Lipinski definition) is 2. The van der Waals surface area contributed by atoms with Gasteiger partial charge in [0.05, 0.1) is 0 Å². The maximum Gasteiger partial charge on any atom is 0.0451 e. The molecule has 1 saturated carbocycles. The molecule has 3 atom stereocenters. The van der Waals surface area contributed by atoms with Crippen molar-refractivity contribution in [1.29, 1.82) is 0 Å². The zero-order valence-corrected chi connectivity index (χ0v) is 11.4. The summed E-state index contributed by atoms with van der Waals surface area (Å²) in [5.74, 6) is 2.52. The summed E-state index contributed by atoms with van der Waals surface area (Å²) in [5, 5.41) is 8.10. The summed E-state index contributed by atoms with van der Waals surface area (Å²) in [6.07, 6.45) is 4.13. The van der Waals surface area contributed by atoms with Crippen LogP contribution in [0.1, 0.15) is 40.0 Å². The van der Waals surface area contributed by atoms with Crippen molar-refractivity contribution in [3.8, 4) is 0 Å². The van der Waals surface area contributed by atoms with Crippen LogP contribution < -0.4 is 5.32 Å². The summed E-state index contributed by atoms with van der Waals surface area (Å²) in [4.78, 5) is 0. The maximum atomic E-state index is 3.73. The maximum absolute atomic E-state index is 3.73. The predicted octanol–water partition coefficient (Wildman–Crippen LogP) is 4.62. The molecule has 1 aromatic rings. The normalized spacial score (nSPS) is 30.6. The number of hydrogen-bond donors (Lipinski definition) is 1. The molecule has 3 unspecified atom stereocenters. The first-order chi connectivity index (χ1) is 7.66. The molecular formula is C14H23NS. The molecule has 0 radical (unpaired) electrons. The minimum atomic E-state index is 0.679. The van der Waals surface area contributed by atoms with E-state index in [0.717, 1.165) is 17.8 Å². The van der Waals surface area contributed by atoms with Gasteiger partial charge in [0.15, 0.2) is 0 Å². The first-order valence-electron chi connectivity index (χ1n) is 6.45. The van der Waals surface area contributed by atoms with Gasteiger partial charge in [-0.3, -0.25) is 0 Å².